The quantitative estimate of drug-likeness (QED) is 0.636. The Hall–Kier alpha value is -0.740. The van der Waals surface area contributed by atoms with Crippen LogP contribution in [-0.4, -0.2) is 0 Å². The highest BCUT2D eigenvalue weighted by atomic mass is 32.2. The molecule has 4 N–H and O–H groups in total. The Morgan fingerprint density at radius 3 is 1.90 bits per heavy atom. The molecule has 2 aromatic rings. The molecular weight excluding hydrogens is 164 g/mol. The van der Waals surface area contributed by atoms with Crippen LogP contribution in [0.1, 0.15) is 0 Å². The van der Waals surface area contributed by atoms with E-state index in [1.54, 1.807) is 22.7 Å². The molecule has 0 atom stereocenters. The Labute approximate surface area is 66.1 Å². The number of anilines is 2. The van der Waals surface area contributed by atoms with Crippen molar-refractivity contribution in [3.8, 4) is 0 Å². The summed E-state index contributed by atoms with van der Waals surface area (Å²) in [5, 5.41) is 2.90. The molecule has 0 aliphatic carbocycles. The average molecular weight is 170 g/mol. The van der Waals surface area contributed by atoms with Crippen molar-refractivity contribution in [2.75, 3.05) is 11.5 Å². The zero-order valence-electron chi connectivity index (χ0n) is 5.13. The van der Waals surface area contributed by atoms with Crippen LogP contribution in [0, 0.1) is 0 Å². The lowest BCUT2D eigenvalue weighted by Gasteiger charge is -1.76. The number of fused-ring (bicyclic) bond motifs is 1. The largest absolute Gasteiger partial charge is 0.391 e. The van der Waals surface area contributed by atoms with E-state index in [4.69, 9.17) is 11.5 Å². The number of hydrogen-bond donors (Lipinski definition) is 2. The summed E-state index contributed by atoms with van der Waals surface area (Å²) in [5.74, 6) is 0. The zero-order chi connectivity index (χ0) is 7.14. The fourth-order valence-electron chi connectivity index (χ4n) is 0.878. The van der Waals surface area contributed by atoms with Gasteiger partial charge in [0, 0.05) is 5.39 Å². The van der Waals surface area contributed by atoms with Gasteiger partial charge in [-0.1, -0.05) is 0 Å². The first-order valence-corrected chi connectivity index (χ1v) is 4.43. The summed E-state index contributed by atoms with van der Waals surface area (Å²) in [6, 6.07) is 3.90. The van der Waals surface area contributed by atoms with E-state index in [1.807, 2.05) is 12.1 Å². The normalized spacial score (nSPS) is 10.8. The van der Waals surface area contributed by atoms with Crippen molar-refractivity contribution >= 4 is 42.1 Å². The summed E-state index contributed by atoms with van der Waals surface area (Å²) in [7, 11) is 0. The van der Waals surface area contributed by atoms with Crippen molar-refractivity contribution in [1.29, 1.82) is 0 Å². The van der Waals surface area contributed by atoms with E-state index >= 15 is 0 Å². The number of thiophene rings is 2. The smallest absolute Gasteiger partial charge is 0.0908 e. The third kappa shape index (κ3) is 0.767. The minimum absolute atomic E-state index is 0.862. The molecule has 0 spiro atoms. The van der Waals surface area contributed by atoms with E-state index in [2.05, 4.69) is 0 Å². The van der Waals surface area contributed by atoms with Gasteiger partial charge in [0.05, 0.1) is 14.0 Å². The molecule has 0 saturated carbocycles. The van der Waals surface area contributed by atoms with E-state index in [0.717, 1.165) is 10.0 Å². The predicted molar refractivity (Wildman–Crippen MR) is 48.5 cm³/mol. The molecule has 2 nitrogen and oxygen atoms in total. The standard InChI is InChI=1S/C6H6N2S2/c7-4-1-3-2-5(8)10-6(3)9-4/h1-2H,7-8H2. The van der Waals surface area contributed by atoms with Crippen molar-refractivity contribution in [2.45, 2.75) is 0 Å². The van der Waals surface area contributed by atoms with Gasteiger partial charge in [0.2, 0.25) is 0 Å². The zero-order valence-corrected chi connectivity index (χ0v) is 6.76. The van der Waals surface area contributed by atoms with Gasteiger partial charge in [0.1, 0.15) is 0 Å². The van der Waals surface area contributed by atoms with Gasteiger partial charge in [-0.05, 0) is 12.1 Å². The summed E-state index contributed by atoms with van der Waals surface area (Å²) in [5.41, 5.74) is 11.1. The Morgan fingerprint density at radius 1 is 1.00 bits per heavy atom. The predicted octanol–water partition coefficient (Wildman–Crippen LogP) is 2.13. The maximum Gasteiger partial charge on any atom is 0.0908 e. The fourth-order valence-corrected chi connectivity index (χ4v) is 2.89. The number of nitrogens with two attached hydrogens (primary N) is 2. The number of hydrogen-bond acceptors (Lipinski definition) is 4. The Balaban J connectivity index is 2.83. The van der Waals surface area contributed by atoms with Crippen molar-refractivity contribution in [1.82, 2.24) is 0 Å². The maximum atomic E-state index is 5.57. The van der Waals surface area contributed by atoms with Gasteiger partial charge in [-0.2, -0.15) is 0 Å². The molecule has 0 amide bonds. The molecule has 2 rings (SSSR count). The van der Waals surface area contributed by atoms with Crippen LogP contribution in [-0.2, 0) is 0 Å². The van der Waals surface area contributed by atoms with Gasteiger partial charge in [-0.3, -0.25) is 0 Å². The van der Waals surface area contributed by atoms with Crippen LogP contribution < -0.4 is 11.5 Å². The molecule has 0 saturated heterocycles. The van der Waals surface area contributed by atoms with E-state index in [0.29, 0.717) is 0 Å². The number of rotatable bonds is 0. The molecule has 0 aliphatic rings. The molecule has 2 heterocycles. The minimum atomic E-state index is 0.862. The topological polar surface area (TPSA) is 52.0 Å². The molecular formula is C6H6N2S2. The van der Waals surface area contributed by atoms with E-state index in [9.17, 15) is 0 Å². The maximum absolute atomic E-state index is 5.57. The van der Waals surface area contributed by atoms with Crippen LogP contribution in [0.3, 0.4) is 0 Å². The molecule has 0 unspecified atom stereocenters. The second-order valence-corrected chi connectivity index (χ2v) is 4.47. The Bertz CT molecular complexity index is 298. The van der Waals surface area contributed by atoms with Crippen molar-refractivity contribution in [3.63, 3.8) is 0 Å². The number of nitrogen functional groups attached to an aromatic ring is 2. The monoisotopic (exact) mass is 170 g/mol. The summed E-state index contributed by atoms with van der Waals surface area (Å²) in [6.45, 7) is 0. The van der Waals surface area contributed by atoms with Crippen molar-refractivity contribution < 1.29 is 0 Å². The minimum Gasteiger partial charge on any atom is -0.391 e. The first-order valence-electron chi connectivity index (χ1n) is 2.80. The van der Waals surface area contributed by atoms with Gasteiger partial charge in [-0.25, -0.2) is 0 Å². The van der Waals surface area contributed by atoms with Gasteiger partial charge in [-0.15, -0.1) is 22.7 Å². The second kappa shape index (κ2) is 1.87. The highest BCUT2D eigenvalue weighted by molar-refractivity contribution is 7.41. The van der Waals surface area contributed by atoms with Crippen LogP contribution >= 0.6 is 22.7 Å². The van der Waals surface area contributed by atoms with Gasteiger partial charge in [0.25, 0.3) is 0 Å². The van der Waals surface area contributed by atoms with E-state index < -0.39 is 0 Å². The molecule has 4 heteroatoms. The lowest BCUT2D eigenvalue weighted by atomic mass is 10.4. The highest BCUT2D eigenvalue weighted by Gasteiger charge is 2.01. The Kier molecular flexibility index (Phi) is 1.12. The summed E-state index contributed by atoms with van der Waals surface area (Å²) in [4.78, 5) is 0. The summed E-state index contributed by atoms with van der Waals surface area (Å²) < 4.78 is 1.22. The van der Waals surface area contributed by atoms with E-state index in [1.165, 1.54) is 9.40 Å². The van der Waals surface area contributed by atoms with Crippen LogP contribution in [0.4, 0.5) is 10.0 Å². The Morgan fingerprint density at radius 2 is 1.50 bits per heavy atom. The molecule has 0 fully saturated rings. The summed E-state index contributed by atoms with van der Waals surface area (Å²) in [6.07, 6.45) is 0. The third-order valence-electron chi connectivity index (χ3n) is 1.25. The summed E-state index contributed by atoms with van der Waals surface area (Å²) >= 11 is 3.18. The molecule has 2 aromatic heterocycles. The second-order valence-electron chi connectivity index (χ2n) is 2.04. The lowest BCUT2D eigenvalue weighted by molar-refractivity contribution is 1.96. The van der Waals surface area contributed by atoms with Crippen molar-refractivity contribution in [3.05, 3.63) is 12.1 Å². The van der Waals surface area contributed by atoms with Gasteiger partial charge in [0.15, 0.2) is 0 Å². The molecule has 0 radical (unpaired) electrons. The first kappa shape index (κ1) is 6.00. The lowest BCUT2D eigenvalue weighted by Crippen LogP contribution is -1.75. The first-order chi connectivity index (χ1) is 4.75. The molecule has 0 aromatic carbocycles. The molecule has 0 aliphatic heterocycles. The SMILES string of the molecule is Nc1cc2cc(N)sc2s1. The molecule has 52 valence electrons. The third-order valence-corrected chi connectivity index (χ3v) is 3.30. The highest BCUT2D eigenvalue weighted by Crippen LogP contribution is 2.35. The van der Waals surface area contributed by atoms with Crippen molar-refractivity contribution in [2.24, 2.45) is 0 Å². The van der Waals surface area contributed by atoms with Gasteiger partial charge < -0.3 is 11.5 Å². The van der Waals surface area contributed by atoms with Crippen LogP contribution in [0.25, 0.3) is 9.40 Å². The molecule has 0 bridgehead atoms. The van der Waals surface area contributed by atoms with E-state index in [-0.39, 0.29) is 0 Å². The van der Waals surface area contributed by atoms with Crippen LogP contribution in [0.5, 0.6) is 0 Å². The molecule has 10 heavy (non-hydrogen) atoms. The fraction of sp³-hybridized carbons (Fsp3) is 0. The average Bonchev–Trinajstić information content (AvgIpc) is 2.21. The van der Waals surface area contributed by atoms with Gasteiger partial charge >= 0.3 is 0 Å². The van der Waals surface area contributed by atoms with Crippen LogP contribution in [0.15, 0.2) is 12.1 Å². The van der Waals surface area contributed by atoms with Crippen LogP contribution in [0.2, 0.25) is 0 Å².